The van der Waals surface area contributed by atoms with E-state index in [1.54, 1.807) is 0 Å². The van der Waals surface area contributed by atoms with Crippen LogP contribution in [0.4, 0.5) is 0 Å². The number of primary amides is 1. The van der Waals surface area contributed by atoms with E-state index in [0.717, 1.165) is 70.0 Å². The van der Waals surface area contributed by atoms with Gasteiger partial charge in [0.15, 0.2) is 6.10 Å². The van der Waals surface area contributed by atoms with Crippen LogP contribution in [0.15, 0.2) is 91.0 Å². The van der Waals surface area contributed by atoms with Gasteiger partial charge < -0.3 is 15.8 Å². The molecule has 2 aliphatic heterocycles. The number of rotatable bonds is 11. The quantitative estimate of drug-likeness (QED) is 0.205. The van der Waals surface area contributed by atoms with E-state index < -0.39 is 6.10 Å². The number of carbonyl (C=O) groups is 2. The van der Waals surface area contributed by atoms with Gasteiger partial charge in [-0.15, -0.1) is 0 Å². The first-order valence-electron chi connectivity index (χ1n) is 21.7. The number of carbonyl (C=O) groups excluding carboxylic acids is 2. The molecule has 7 rings (SSSR count). The van der Waals surface area contributed by atoms with Gasteiger partial charge in [-0.1, -0.05) is 105 Å². The minimum absolute atomic E-state index is 0.0100. The molecule has 0 radical (unpaired) electrons. The maximum absolute atomic E-state index is 12.8. The van der Waals surface area contributed by atoms with Crippen molar-refractivity contribution >= 4 is 11.8 Å². The molecular formula is C48H68N4O3. The largest absolute Gasteiger partial charge is 0.481 e. The van der Waals surface area contributed by atoms with Crippen molar-refractivity contribution in [3.8, 4) is 5.75 Å². The number of nitrogens with one attached hydrogen (secondary N) is 1. The van der Waals surface area contributed by atoms with E-state index in [1.165, 1.54) is 88.7 Å². The van der Waals surface area contributed by atoms with Crippen LogP contribution >= 0.6 is 0 Å². The number of nitrogens with two attached hydrogens (primary N) is 1. The SMILES string of the molecule is CC(Oc1ccccc1)C(=O)NC1CCC(Cc2ccccc2)(N2CCCCCC2)CC1.NC(=O)C1CCC(Cc2ccccc2)(N2CCCCCC2)CC1. The molecule has 55 heavy (non-hydrogen) atoms. The molecule has 3 N–H and O–H groups in total. The Balaban J connectivity index is 0.000000197. The molecule has 2 aliphatic carbocycles. The fourth-order valence-electron chi connectivity index (χ4n) is 10.1. The number of nitrogens with zero attached hydrogens (tertiary/aromatic N) is 2. The molecular weight excluding hydrogens is 681 g/mol. The lowest BCUT2D eigenvalue weighted by Crippen LogP contribution is -2.55. The fraction of sp³-hybridized carbons (Fsp3) is 0.583. The topological polar surface area (TPSA) is 87.9 Å². The van der Waals surface area contributed by atoms with Crippen molar-refractivity contribution in [1.82, 2.24) is 15.1 Å². The number of amides is 2. The monoisotopic (exact) mass is 749 g/mol. The van der Waals surface area contributed by atoms with Gasteiger partial charge in [-0.2, -0.15) is 0 Å². The maximum atomic E-state index is 12.8. The molecule has 2 heterocycles. The average Bonchev–Trinajstić information content (AvgIpc) is 3.68. The van der Waals surface area contributed by atoms with Crippen LogP contribution in [0.3, 0.4) is 0 Å². The van der Waals surface area contributed by atoms with Gasteiger partial charge in [0.05, 0.1) is 0 Å². The summed E-state index contributed by atoms with van der Waals surface area (Å²) in [5, 5.41) is 3.27. The average molecular weight is 749 g/mol. The smallest absolute Gasteiger partial charge is 0.260 e. The second kappa shape index (κ2) is 20.5. The molecule has 1 unspecified atom stereocenters. The van der Waals surface area contributed by atoms with Crippen LogP contribution in [-0.4, -0.2) is 71.0 Å². The number of likely N-dealkylation sites (tertiary alicyclic amines) is 2. The minimum atomic E-state index is -0.487. The van der Waals surface area contributed by atoms with Crippen LogP contribution in [0.5, 0.6) is 5.75 Å². The first-order chi connectivity index (χ1) is 26.8. The lowest BCUT2D eigenvalue weighted by molar-refractivity contribution is -0.128. The second-order valence-electron chi connectivity index (χ2n) is 17.1. The van der Waals surface area contributed by atoms with Crippen molar-refractivity contribution in [2.75, 3.05) is 26.2 Å². The van der Waals surface area contributed by atoms with Gasteiger partial charge >= 0.3 is 0 Å². The lowest BCUT2D eigenvalue weighted by Gasteiger charge is -2.48. The van der Waals surface area contributed by atoms with Crippen molar-refractivity contribution in [1.29, 1.82) is 0 Å². The Morgan fingerprint density at radius 3 is 1.45 bits per heavy atom. The van der Waals surface area contributed by atoms with Gasteiger partial charge in [0, 0.05) is 23.0 Å². The van der Waals surface area contributed by atoms with E-state index in [9.17, 15) is 9.59 Å². The highest BCUT2D eigenvalue weighted by Gasteiger charge is 2.42. The molecule has 1 atom stereocenters. The molecule has 0 spiro atoms. The molecule has 4 fully saturated rings. The Kier molecular flexibility index (Phi) is 15.3. The minimum Gasteiger partial charge on any atom is -0.481 e. The van der Waals surface area contributed by atoms with Crippen LogP contribution in [0.1, 0.15) is 121 Å². The summed E-state index contributed by atoms with van der Waals surface area (Å²) in [4.78, 5) is 29.9. The van der Waals surface area contributed by atoms with Crippen LogP contribution in [0.25, 0.3) is 0 Å². The van der Waals surface area contributed by atoms with E-state index in [2.05, 4.69) is 75.8 Å². The van der Waals surface area contributed by atoms with Gasteiger partial charge in [0.1, 0.15) is 5.75 Å². The summed E-state index contributed by atoms with van der Waals surface area (Å²) >= 11 is 0. The standard InChI is InChI=1S/C28H38N2O2.C20H30N2O/c1-23(32-26-14-8-5-9-15-26)27(31)29-25-16-18-28(19-17-25,22-24-12-6-4-7-13-24)30-20-10-2-3-11-21-30;21-19(23)18-10-12-20(13-11-18,16-17-8-4-3-5-9-17)22-14-6-1-2-7-15-22/h4-9,12-15,23,25H,2-3,10-11,16-22H2,1H3,(H,29,31);3-5,8-9,18H,1-2,6-7,10-16H2,(H2,21,23). The van der Waals surface area contributed by atoms with Crippen LogP contribution in [-0.2, 0) is 22.4 Å². The lowest BCUT2D eigenvalue weighted by atomic mass is 9.72. The van der Waals surface area contributed by atoms with E-state index >= 15 is 0 Å². The van der Waals surface area contributed by atoms with Gasteiger partial charge in [-0.05, 0) is 146 Å². The zero-order valence-corrected chi connectivity index (χ0v) is 33.6. The van der Waals surface area contributed by atoms with E-state index in [1.807, 2.05) is 37.3 Å². The third-order valence-electron chi connectivity index (χ3n) is 13.3. The summed E-state index contributed by atoms with van der Waals surface area (Å²) in [6.45, 7) is 6.70. The van der Waals surface area contributed by atoms with Crippen molar-refractivity contribution in [3.63, 3.8) is 0 Å². The molecule has 0 aromatic heterocycles. The Labute approximate surface area is 331 Å². The van der Waals surface area contributed by atoms with Crippen LogP contribution in [0, 0.1) is 5.92 Å². The van der Waals surface area contributed by atoms with E-state index in [4.69, 9.17) is 10.5 Å². The van der Waals surface area contributed by atoms with Gasteiger partial charge in [0.2, 0.25) is 5.91 Å². The Bertz CT molecular complexity index is 1550. The Hall–Kier alpha value is -3.68. The first-order valence-corrected chi connectivity index (χ1v) is 21.7. The Morgan fingerprint density at radius 2 is 1.04 bits per heavy atom. The fourth-order valence-corrected chi connectivity index (χ4v) is 10.1. The predicted octanol–water partition coefficient (Wildman–Crippen LogP) is 8.89. The number of hydrogen-bond donors (Lipinski definition) is 2. The van der Waals surface area contributed by atoms with Gasteiger partial charge in [0.25, 0.3) is 5.91 Å². The van der Waals surface area contributed by atoms with Gasteiger partial charge in [-0.3, -0.25) is 19.4 Å². The molecule has 4 aliphatic rings. The molecule has 2 saturated carbocycles. The second-order valence-corrected chi connectivity index (χ2v) is 17.1. The molecule has 7 nitrogen and oxygen atoms in total. The summed E-state index contributed by atoms with van der Waals surface area (Å²) in [6, 6.07) is 31.7. The first kappa shape index (κ1) is 41.0. The van der Waals surface area contributed by atoms with E-state index in [-0.39, 0.29) is 34.9 Å². The zero-order chi connectivity index (χ0) is 38.4. The highest BCUT2D eigenvalue weighted by Crippen LogP contribution is 2.41. The molecule has 2 amide bonds. The molecule has 298 valence electrons. The zero-order valence-electron chi connectivity index (χ0n) is 33.6. The summed E-state index contributed by atoms with van der Waals surface area (Å²) in [6.07, 6.45) is 20.9. The molecule has 3 aromatic carbocycles. The van der Waals surface area contributed by atoms with Crippen LogP contribution in [0.2, 0.25) is 0 Å². The summed E-state index contributed by atoms with van der Waals surface area (Å²) < 4.78 is 5.83. The van der Waals surface area contributed by atoms with Gasteiger partial charge in [-0.25, -0.2) is 0 Å². The number of ether oxygens (including phenoxy) is 1. The normalized spacial score (nSPS) is 27.3. The summed E-state index contributed by atoms with van der Waals surface area (Å²) in [5.74, 6) is 0.714. The highest BCUT2D eigenvalue weighted by atomic mass is 16.5. The predicted molar refractivity (Wildman–Crippen MR) is 224 cm³/mol. The molecule has 7 heteroatoms. The van der Waals surface area contributed by atoms with Crippen molar-refractivity contribution in [2.45, 2.75) is 146 Å². The van der Waals surface area contributed by atoms with Crippen molar-refractivity contribution in [2.24, 2.45) is 11.7 Å². The summed E-state index contributed by atoms with van der Waals surface area (Å²) in [7, 11) is 0. The molecule has 3 aromatic rings. The van der Waals surface area contributed by atoms with E-state index in [0.29, 0.717) is 0 Å². The summed E-state index contributed by atoms with van der Waals surface area (Å²) in [5.41, 5.74) is 8.87. The Morgan fingerprint density at radius 1 is 0.636 bits per heavy atom. The van der Waals surface area contributed by atoms with Crippen molar-refractivity contribution < 1.29 is 14.3 Å². The highest BCUT2D eigenvalue weighted by molar-refractivity contribution is 5.81. The number of para-hydroxylation sites is 1. The van der Waals surface area contributed by atoms with Crippen molar-refractivity contribution in [3.05, 3.63) is 102 Å². The number of benzene rings is 3. The number of hydrogen-bond acceptors (Lipinski definition) is 5. The van der Waals surface area contributed by atoms with Crippen LogP contribution < -0.4 is 15.8 Å². The third kappa shape index (κ3) is 11.7. The molecule has 0 bridgehead atoms. The third-order valence-corrected chi connectivity index (χ3v) is 13.3. The molecule has 2 saturated heterocycles. The maximum Gasteiger partial charge on any atom is 0.260 e.